The quantitative estimate of drug-likeness (QED) is 0.237. The topological polar surface area (TPSA) is 131 Å². The summed E-state index contributed by atoms with van der Waals surface area (Å²) in [5, 5.41) is 17.1. The van der Waals surface area contributed by atoms with Crippen molar-refractivity contribution in [2.24, 2.45) is 11.8 Å². The number of nitrogens with one attached hydrogen (secondary N) is 2. The minimum absolute atomic E-state index is 0. The number of halogens is 1. The van der Waals surface area contributed by atoms with Crippen LogP contribution in [0.15, 0.2) is 54.6 Å². The summed E-state index contributed by atoms with van der Waals surface area (Å²) < 4.78 is 35.5. The third kappa shape index (κ3) is 13.1. The smallest absolute Gasteiger partial charge is 0.306 e. The first-order valence-electron chi connectivity index (χ1n) is 13.2. The predicted octanol–water partition coefficient (Wildman–Crippen LogP) is 2.94. The highest BCUT2D eigenvalue weighted by molar-refractivity contribution is 7.91. The standard InChI is InChI=1S/C29H42N2O7S.ClH/c1-21(2)13-14-39(35,36)20-24(17-28(33)38-4)29(34)31-26(16-22-9-6-5-7-10-22)27(32)19-30-18-23-11-8-12-25(15-23)37-3;/h5-12,15,21,24,26-27,30,32H,13-14,16-20H2,1-4H3,(H,31,34);1H/t24?,26-,27+;/m0./s1. The molecule has 0 aliphatic heterocycles. The normalized spacial score (nSPS) is 13.6. The van der Waals surface area contributed by atoms with E-state index >= 15 is 0 Å². The van der Waals surface area contributed by atoms with Gasteiger partial charge in [-0.3, -0.25) is 9.59 Å². The highest BCUT2D eigenvalue weighted by Gasteiger charge is 2.31. The molecule has 0 aliphatic rings. The van der Waals surface area contributed by atoms with E-state index < -0.39 is 45.5 Å². The van der Waals surface area contributed by atoms with Crippen LogP contribution < -0.4 is 15.4 Å². The first kappa shape index (κ1) is 35.4. The fourth-order valence-corrected chi connectivity index (χ4v) is 5.94. The monoisotopic (exact) mass is 598 g/mol. The van der Waals surface area contributed by atoms with Crippen LogP contribution in [0.1, 0.15) is 37.8 Å². The van der Waals surface area contributed by atoms with Gasteiger partial charge in [0.05, 0.1) is 50.2 Å². The van der Waals surface area contributed by atoms with Crippen molar-refractivity contribution < 1.29 is 32.6 Å². The van der Waals surface area contributed by atoms with Gasteiger partial charge < -0.3 is 25.2 Å². The Morgan fingerprint density at radius 3 is 2.30 bits per heavy atom. The molecule has 224 valence electrons. The summed E-state index contributed by atoms with van der Waals surface area (Å²) in [6.07, 6.45) is -0.579. The Kier molecular flexibility index (Phi) is 15.8. The predicted molar refractivity (Wildman–Crippen MR) is 158 cm³/mol. The van der Waals surface area contributed by atoms with E-state index in [0.29, 0.717) is 19.4 Å². The van der Waals surface area contributed by atoms with Crippen molar-refractivity contribution in [1.82, 2.24) is 10.6 Å². The molecule has 40 heavy (non-hydrogen) atoms. The third-order valence-corrected chi connectivity index (χ3v) is 8.15. The minimum Gasteiger partial charge on any atom is -0.497 e. The second-order valence-corrected chi connectivity index (χ2v) is 12.4. The molecule has 0 saturated heterocycles. The number of ether oxygens (including phenoxy) is 2. The lowest BCUT2D eigenvalue weighted by atomic mass is 9.99. The molecule has 2 aromatic carbocycles. The van der Waals surface area contributed by atoms with Crippen molar-refractivity contribution in [3.63, 3.8) is 0 Å². The molecular formula is C29H43ClN2O7S. The van der Waals surface area contributed by atoms with Crippen LogP contribution in [0, 0.1) is 11.8 Å². The summed E-state index contributed by atoms with van der Waals surface area (Å²) in [5.41, 5.74) is 1.86. The van der Waals surface area contributed by atoms with Gasteiger partial charge in [0.2, 0.25) is 5.91 Å². The highest BCUT2D eigenvalue weighted by Crippen LogP contribution is 2.15. The SMILES string of the molecule is COC(=O)CC(CS(=O)(=O)CCC(C)C)C(=O)N[C@@H](Cc1ccccc1)[C@H](O)CNCc1cccc(OC)c1.Cl. The van der Waals surface area contributed by atoms with E-state index in [4.69, 9.17) is 9.47 Å². The van der Waals surface area contributed by atoms with Gasteiger partial charge in [-0.2, -0.15) is 0 Å². The molecule has 1 unspecified atom stereocenters. The molecule has 0 fully saturated rings. The van der Waals surface area contributed by atoms with Crippen LogP contribution in [0.2, 0.25) is 0 Å². The van der Waals surface area contributed by atoms with Crippen molar-refractivity contribution in [2.75, 3.05) is 32.3 Å². The molecule has 0 heterocycles. The fraction of sp³-hybridized carbons (Fsp3) is 0.517. The first-order chi connectivity index (χ1) is 18.5. The number of hydrogen-bond donors (Lipinski definition) is 3. The molecule has 3 atom stereocenters. The zero-order chi connectivity index (χ0) is 28.8. The molecule has 0 aromatic heterocycles. The summed E-state index contributed by atoms with van der Waals surface area (Å²) in [4.78, 5) is 25.4. The molecule has 1 amide bonds. The number of benzene rings is 2. The summed E-state index contributed by atoms with van der Waals surface area (Å²) in [5.74, 6) is -2.05. The van der Waals surface area contributed by atoms with Crippen molar-refractivity contribution >= 4 is 34.1 Å². The van der Waals surface area contributed by atoms with Crippen LogP contribution in [0.5, 0.6) is 5.75 Å². The number of carbonyl (C=O) groups is 2. The van der Waals surface area contributed by atoms with Crippen LogP contribution >= 0.6 is 12.4 Å². The van der Waals surface area contributed by atoms with E-state index in [0.717, 1.165) is 16.9 Å². The van der Waals surface area contributed by atoms with Gasteiger partial charge in [-0.25, -0.2) is 8.42 Å². The minimum atomic E-state index is -3.59. The number of aliphatic hydroxyl groups is 1. The molecule has 0 aliphatic carbocycles. The van der Waals surface area contributed by atoms with Crippen molar-refractivity contribution in [2.45, 2.75) is 51.8 Å². The Bertz CT molecular complexity index is 1150. The zero-order valence-electron chi connectivity index (χ0n) is 23.7. The number of sulfone groups is 1. The Morgan fingerprint density at radius 2 is 1.68 bits per heavy atom. The first-order valence-corrected chi connectivity index (χ1v) is 15.0. The summed E-state index contributed by atoms with van der Waals surface area (Å²) >= 11 is 0. The fourth-order valence-electron chi connectivity index (χ4n) is 4.06. The van der Waals surface area contributed by atoms with Gasteiger partial charge in [0.15, 0.2) is 9.84 Å². The Balaban J connectivity index is 0.00000800. The number of hydrogen-bond acceptors (Lipinski definition) is 8. The second kappa shape index (κ2) is 17.9. The van der Waals surface area contributed by atoms with Crippen LogP contribution in [-0.2, 0) is 37.1 Å². The van der Waals surface area contributed by atoms with E-state index in [1.165, 1.54) is 7.11 Å². The zero-order valence-corrected chi connectivity index (χ0v) is 25.3. The lowest BCUT2D eigenvalue weighted by Crippen LogP contribution is -2.51. The summed E-state index contributed by atoms with van der Waals surface area (Å²) in [6, 6.07) is 16.2. The molecule has 0 radical (unpaired) electrons. The van der Waals surface area contributed by atoms with Crippen LogP contribution in [0.4, 0.5) is 0 Å². The molecule has 11 heteroatoms. The molecular weight excluding hydrogens is 556 g/mol. The molecule has 0 spiro atoms. The van der Waals surface area contributed by atoms with Crippen LogP contribution in [0.25, 0.3) is 0 Å². The number of methoxy groups -OCH3 is 2. The number of rotatable bonds is 17. The van der Waals surface area contributed by atoms with Gasteiger partial charge in [0.1, 0.15) is 5.75 Å². The van der Waals surface area contributed by atoms with Gasteiger partial charge in [-0.1, -0.05) is 56.3 Å². The number of aliphatic hydroxyl groups excluding tert-OH is 1. The Hall–Kier alpha value is -2.66. The second-order valence-electron chi connectivity index (χ2n) is 10.1. The van der Waals surface area contributed by atoms with Gasteiger partial charge in [-0.05, 0) is 42.0 Å². The van der Waals surface area contributed by atoms with E-state index in [1.54, 1.807) is 7.11 Å². The van der Waals surface area contributed by atoms with Gasteiger partial charge in [0, 0.05) is 13.1 Å². The van der Waals surface area contributed by atoms with Crippen LogP contribution in [0.3, 0.4) is 0 Å². The maximum atomic E-state index is 13.4. The molecule has 0 saturated carbocycles. The van der Waals surface area contributed by atoms with E-state index in [9.17, 15) is 23.1 Å². The average molecular weight is 599 g/mol. The van der Waals surface area contributed by atoms with Gasteiger partial charge >= 0.3 is 5.97 Å². The molecule has 2 rings (SSSR count). The van der Waals surface area contributed by atoms with Crippen LogP contribution in [-0.4, -0.2) is 69.8 Å². The summed E-state index contributed by atoms with van der Waals surface area (Å²) in [7, 11) is -0.806. The van der Waals surface area contributed by atoms with E-state index in [-0.39, 0.29) is 37.0 Å². The van der Waals surface area contributed by atoms with Crippen molar-refractivity contribution in [3.8, 4) is 5.75 Å². The summed E-state index contributed by atoms with van der Waals surface area (Å²) in [6.45, 7) is 4.49. The van der Waals surface area contributed by atoms with Crippen molar-refractivity contribution in [1.29, 1.82) is 0 Å². The van der Waals surface area contributed by atoms with Crippen molar-refractivity contribution in [3.05, 3.63) is 65.7 Å². The number of amides is 1. The molecule has 9 nitrogen and oxygen atoms in total. The molecule has 3 N–H and O–H groups in total. The molecule has 0 bridgehead atoms. The molecule has 2 aromatic rings. The van der Waals surface area contributed by atoms with Gasteiger partial charge in [0.25, 0.3) is 0 Å². The lowest BCUT2D eigenvalue weighted by Gasteiger charge is -2.27. The maximum absolute atomic E-state index is 13.4. The van der Waals surface area contributed by atoms with E-state index in [1.807, 2.05) is 68.4 Å². The van der Waals surface area contributed by atoms with Gasteiger partial charge in [-0.15, -0.1) is 12.4 Å². The Morgan fingerprint density at radius 1 is 1.00 bits per heavy atom. The largest absolute Gasteiger partial charge is 0.497 e. The number of esters is 1. The average Bonchev–Trinajstić information content (AvgIpc) is 2.91. The maximum Gasteiger partial charge on any atom is 0.306 e. The Labute approximate surface area is 244 Å². The third-order valence-electron chi connectivity index (χ3n) is 6.38. The number of carbonyl (C=O) groups excluding carboxylic acids is 2. The van der Waals surface area contributed by atoms with E-state index in [2.05, 4.69) is 10.6 Å². The lowest BCUT2D eigenvalue weighted by molar-refractivity contribution is -0.144. The highest BCUT2D eigenvalue weighted by atomic mass is 35.5.